The number of sulfonamides is 1. The first-order valence-electron chi connectivity index (χ1n) is 13.5. The Hall–Kier alpha value is -1.53. The molecule has 0 spiro atoms. The van der Waals surface area contributed by atoms with Gasteiger partial charge in [0.2, 0.25) is 0 Å². The number of benzene rings is 1. The van der Waals surface area contributed by atoms with Crippen LogP contribution in [0, 0.1) is 6.92 Å². The lowest BCUT2D eigenvalue weighted by Gasteiger charge is -2.41. The lowest BCUT2D eigenvalue weighted by molar-refractivity contribution is 0.0269. The van der Waals surface area contributed by atoms with E-state index in [0.717, 1.165) is 11.3 Å². The van der Waals surface area contributed by atoms with Gasteiger partial charge in [0.05, 0.1) is 13.2 Å². The topological polar surface area (TPSA) is 140 Å². The maximum Gasteiger partial charge on any atom is 0.425 e. The number of ether oxygens (including phenoxy) is 3. The average Bonchev–Trinajstić information content (AvgIpc) is 3.38. The summed E-state index contributed by atoms with van der Waals surface area (Å²) in [4.78, 5) is 34.6. The third-order valence-corrected chi connectivity index (χ3v) is 12.4. The highest BCUT2D eigenvalue weighted by Crippen LogP contribution is 2.58. The van der Waals surface area contributed by atoms with Crippen molar-refractivity contribution in [2.24, 2.45) is 0 Å². The van der Waals surface area contributed by atoms with Crippen LogP contribution in [0.2, 0.25) is 0 Å². The number of alkyl halides is 2. The fraction of sp³-hybridized carbons (Fsp3) is 0.593. The highest BCUT2D eigenvalue weighted by atomic mass is 35.5. The molecule has 0 radical (unpaired) electrons. The van der Waals surface area contributed by atoms with Crippen LogP contribution >= 0.6 is 42.1 Å². The van der Waals surface area contributed by atoms with Crippen molar-refractivity contribution in [3.63, 3.8) is 0 Å². The number of hydrogen-bond donors (Lipinski definition) is 2. The molecule has 1 aromatic carbocycles. The van der Waals surface area contributed by atoms with Crippen LogP contribution in [0.4, 0.5) is 4.79 Å². The van der Waals surface area contributed by atoms with Crippen LogP contribution in [0.3, 0.4) is 0 Å². The molecule has 2 N–H and O–H groups in total. The van der Waals surface area contributed by atoms with E-state index in [9.17, 15) is 27.6 Å². The maximum atomic E-state index is 14.1. The first-order valence-corrected chi connectivity index (χ1v) is 18.4. The van der Waals surface area contributed by atoms with E-state index in [1.807, 2.05) is 6.92 Å². The molecule has 0 saturated carbocycles. The van der Waals surface area contributed by atoms with Gasteiger partial charge in [-0.1, -0.05) is 13.8 Å². The van der Waals surface area contributed by atoms with E-state index in [1.54, 1.807) is 18.2 Å². The monoisotopic (exact) mass is 687 g/mol. The van der Waals surface area contributed by atoms with Gasteiger partial charge in [-0.3, -0.25) is 4.57 Å². The van der Waals surface area contributed by atoms with Gasteiger partial charge in [0, 0.05) is 22.2 Å². The number of carbonyl (C=O) groups is 1. The highest BCUT2D eigenvalue weighted by molar-refractivity contribution is 7.92. The molecule has 42 heavy (non-hydrogen) atoms. The van der Waals surface area contributed by atoms with Crippen molar-refractivity contribution in [3.8, 4) is 21.9 Å². The molecule has 0 aliphatic carbocycles. The van der Waals surface area contributed by atoms with Crippen molar-refractivity contribution in [1.29, 1.82) is 0 Å². The zero-order valence-corrected chi connectivity index (χ0v) is 28.7. The fourth-order valence-corrected chi connectivity index (χ4v) is 9.34. The molecule has 0 atom stereocenters. The Morgan fingerprint density at radius 3 is 2.07 bits per heavy atom. The first-order chi connectivity index (χ1) is 19.5. The van der Waals surface area contributed by atoms with Crippen LogP contribution in [0.25, 0.3) is 10.4 Å². The molecule has 1 amide bonds. The summed E-state index contributed by atoms with van der Waals surface area (Å²) in [7, 11) is -9.98. The largest absolute Gasteiger partial charge is 0.490 e. The van der Waals surface area contributed by atoms with Crippen molar-refractivity contribution >= 4 is 58.3 Å². The van der Waals surface area contributed by atoms with E-state index >= 15 is 0 Å². The molecule has 2 rings (SSSR count). The van der Waals surface area contributed by atoms with Crippen molar-refractivity contribution in [1.82, 2.24) is 4.31 Å². The minimum Gasteiger partial charge on any atom is -0.490 e. The molecule has 238 valence electrons. The van der Waals surface area contributed by atoms with E-state index in [-0.39, 0.29) is 21.4 Å². The summed E-state index contributed by atoms with van der Waals surface area (Å²) < 4.78 is 58.1. The third kappa shape index (κ3) is 8.34. The zero-order valence-electron chi connectivity index (χ0n) is 24.7. The van der Waals surface area contributed by atoms with Gasteiger partial charge in [-0.25, -0.2) is 4.79 Å². The summed E-state index contributed by atoms with van der Waals surface area (Å²) in [5.41, 5.74) is 0.218. The van der Waals surface area contributed by atoms with Crippen molar-refractivity contribution in [2.45, 2.75) is 82.3 Å². The number of nitrogens with zero attached hydrogens (tertiary/aromatic N) is 1. The Kier molecular flexibility index (Phi) is 13.1. The van der Waals surface area contributed by atoms with Gasteiger partial charge < -0.3 is 24.0 Å². The molecular weight excluding hydrogens is 648 g/mol. The van der Waals surface area contributed by atoms with Gasteiger partial charge in [0.25, 0.3) is 10.0 Å². The smallest absolute Gasteiger partial charge is 0.425 e. The Balaban J connectivity index is 2.67. The number of amides is 1. The second kappa shape index (κ2) is 15.0. The number of hydrogen-bond acceptors (Lipinski definition) is 8. The Bertz CT molecular complexity index is 1370. The van der Waals surface area contributed by atoms with E-state index < -0.39 is 34.6 Å². The quantitative estimate of drug-likeness (QED) is 0.112. The van der Waals surface area contributed by atoms with Crippen molar-refractivity contribution < 1.29 is 41.8 Å². The van der Waals surface area contributed by atoms with Crippen LogP contribution in [0.1, 0.15) is 65.9 Å². The molecule has 0 bridgehead atoms. The molecule has 10 nitrogen and oxygen atoms in total. The lowest BCUT2D eigenvalue weighted by atomic mass is 10.1. The third-order valence-electron chi connectivity index (χ3n) is 6.38. The minimum absolute atomic E-state index is 0.239. The van der Waals surface area contributed by atoms with E-state index in [2.05, 4.69) is 0 Å². The maximum absolute atomic E-state index is 14.1. The summed E-state index contributed by atoms with van der Waals surface area (Å²) in [5.74, 6) is 1.84. The lowest BCUT2D eigenvalue weighted by Crippen LogP contribution is -2.55. The number of thiophene rings is 1. The number of halogens is 2. The molecule has 0 aliphatic rings. The molecule has 0 saturated heterocycles. The highest BCUT2D eigenvalue weighted by Gasteiger charge is 2.57. The van der Waals surface area contributed by atoms with E-state index in [0.29, 0.717) is 65.3 Å². The molecule has 0 unspecified atom stereocenters. The molecule has 0 fully saturated rings. The summed E-state index contributed by atoms with van der Waals surface area (Å²) in [6.45, 7) is 9.98. The zero-order chi connectivity index (χ0) is 31.9. The summed E-state index contributed by atoms with van der Waals surface area (Å²) in [6, 6.07) is 6.37. The summed E-state index contributed by atoms with van der Waals surface area (Å²) in [6.07, 6.45) is -0.802. The molecule has 1 aromatic heterocycles. The Labute approximate surface area is 262 Å². The van der Waals surface area contributed by atoms with Crippen LogP contribution in [0.15, 0.2) is 28.5 Å². The molecule has 2 aromatic rings. The van der Waals surface area contributed by atoms with Gasteiger partial charge in [-0.2, -0.15) is 12.7 Å². The van der Waals surface area contributed by atoms with E-state index in [1.165, 1.54) is 40.7 Å². The molecular formula is C27H40Cl2NO9PS2. The Morgan fingerprint density at radius 1 is 1.00 bits per heavy atom. The standard InChI is InChI=1S/C27H40Cl2NO9PS2/c1-7-27(8-2,40(32,33)34)30(25(31)39-26(4,5)6)42(35,36)23-14-13-22(41-23)20-11-12-21(37-17-9-15-28)24(19(20)3)38-18-10-16-29/h11-14H,7-10,15-18H2,1-6H3,(H2,32,33,34). The fourth-order valence-electron chi connectivity index (χ4n) is 4.25. The van der Waals surface area contributed by atoms with Gasteiger partial charge in [0.15, 0.2) is 16.8 Å². The van der Waals surface area contributed by atoms with Gasteiger partial charge in [-0.05, 0) is 83.2 Å². The predicted molar refractivity (Wildman–Crippen MR) is 167 cm³/mol. The molecule has 0 aliphatic heterocycles. The van der Waals surface area contributed by atoms with E-state index in [4.69, 9.17) is 37.4 Å². The van der Waals surface area contributed by atoms with Crippen LogP contribution in [-0.2, 0) is 19.3 Å². The second-order valence-electron chi connectivity index (χ2n) is 10.4. The average molecular weight is 689 g/mol. The SMILES string of the molecule is CCC(CC)(N(C(=O)OC(C)(C)C)S(=O)(=O)c1ccc(-c2ccc(OCCCCl)c(OCCCCl)c2C)s1)P(=O)(O)O. The van der Waals surface area contributed by atoms with Gasteiger partial charge in [0.1, 0.15) is 9.81 Å². The van der Waals surface area contributed by atoms with Crippen LogP contribution in [-0.4, -0.2) is 64.5 Å². The van der Waals surface area contributed by atoms with Gasteiger partial charge in [-0.15, -0.1) is 34.5 Å². The number of carbonyl (C=O) groups excluding carboxylic acids is 1. The van der Waals surface area contributed by atoms with Gasteiger partial charge >= 0.3 is 13.7 Å². The van der Waals surface area contributed by atoms with Crippen molar-refractivity contribution in [2.75, 3.05) is 25.0 Å². The van der Waals surface area contributed by atoms with Crippen molar-refractivity contribution in [3.05, 3.63) is 29.8 Å². The summed E-state index contributed by atoms with van der Waals surface area (Å²) in [5, 5.41) is -2.35. The Morgan fingerprint density at radius 2 is 1.57 bits per heavy atom. The predicted octanol–water partition coefficient (Wildman–Crippen LogP) is 7.36. The molecule has 1 heterocycles. The molecule has 15 heteroatoms. The minimum atomic E-state index is -5.19. The number of rotatable bonds is 15. The normalized spacial score (nSPS) is 12.7. The van der Waals surface area contributed by atoms with Crippen LogP contribution < -0.4 is 9.47 Å². The van der Waals surface area contributed by atoms with Crippen LogP contribution in [0.5, 0.6) is 11.5 Å². The summed E-state index contributed by atoms with van der Waals surface area (Å²) >= 11 is 12.5. The second-order valence-corrected chi connectivity index (χ2v) is 16.2. The first kappa shape index (κ1) is 36.7.